The highest BCUT2D eigenvalue weighted by Crippen LogP contribution is 2.52. The van der Waals surface area contributed by atoms with Crippen molar-refractivity contribution in [1.29, 1.82) is 0 Å². The molecule has 34 heavy (non-hydrogen) atoms. The molecule has 0 aromatic heterocycles. The Balaban J connectivity index is 1.86. The summed E-state index contributed by atoms with van der Waals surface area (Å²) in [5, 5.41) is 11.8. The predicted molar refractivity (Wildman–Crippen MR) is 130 cm³/mol. The van der Waals surface area contributed by atoms with E-state index in [1.165, 1.54) is 0 Å². The molecule has 0 radical (unpaired) electrons. The van der Waals surface area contributed by atoms with Crippen LogP contribution in [0.25, 0.3) is 0 Å². The SMILES string of the molecule is CCOC(=O)[C@@H]1[C@@H](C(C)(C)C)[C@H](O)[C@H](c2cccc3c2OC(C)(C)C3)N1C(=O)C1CCCCC1. The van der Waals surface area contributed by atoms with Crippen LogP contribution in [-0.4, -0.2) is 46.2 Å². The average Bonchev–Trinajstić information content (AvgIpc) is 3.26. The number of carbonyl (C=O) groups excluding carboxylic acids is 2. The van der Waals surface area contributed by atoms with Crippen LogP contribution in [0.15, 0.2) is 18.2 Å². The lowest BCUT2D eigenvalue weighted by atomic mass is 9.73. The lowest BCUT2D eigenvalue weighted by Crippen LogP contribution is -2.49. The molecule has 0 unspecified atom stereocenters. The van der Waals surface area contributed by atoms with Crippen LogP contribution in [-0.2, 0) is 20.7 Å². The normalized spacial score (nSPS) is 29.0. The van der Waals surface area contributed by atoms with E-state index in [9.17, 15) is 14.7 Å². The van der Waals surface area contributed by atoms with E-state index >= 15 is 0 Å². The monoisotopic (exact) mass is 471 g/mol. The Morgan fingerprint density at radius 1 is 1.18 bits per heavy atom. The molecule has 1 aromatic carbocycles. The number of hydrogen-bond donors (Lipinski definition) is 1. The Morgan fingerprint density at radius 3 is 2.47 bits per heavy atom. The van der Waals surface area contributed by atoms with E-state index in [0.717, 1.165) is 55.4 Å². The minimum atomic E-state index is -0.916. The second-order valence-corrected chi connectivity index (χ2v) is 12.0. The summed E-state index contributed by atoms with van der Waals surface area (Å²) in [6, 6.07) is 4.48. The number of rotatable bonds is 4. The first kappa shape index (κ1) is 25.0. The van der Waals surface area contributed by atoms with Crippen LogP contribution in [0, 0.1) is 17.3 Å². The zero-order valence-corrected chi connectivity index (χ0v) is 21.6. The van der Waals surface area contributed by atoms with Gasteiger partial charge in [0.1, 0.15) is 17.4 Å². The summed E-state index contributed by atoms with van der Waals surface area (Å²) in [5.74, 6) is -0.317. The maximum atomic E-state index is 14.1. The zero-order valence-electron chi connectivity index (χ0n) is 21.6. The molecule has 1 saturated carbocycles. The molecule has 1 N–H and O–H groups in total. The first-order valence-corrected chi connectivity index (χ1v) is 12.9. The Kier molecular flexibility index (Phi) is 6.75. The standard InChI is InChI=1S/C28H41NO5/c1-7-33-26(32)22-20(27(2,3)4)23(30)21(29(22)25(31)17-12-9-8-10-13-17)19-15-11-14-18-16-28(5,6)34-24(18)19/h11,14-15,17,20-23,30H,7-10,12-13,16H2,1-6H3/t20-,21+,22+,23+/m1/s1. The van der Waals surface area contributed by atoms with Crippen molar-refractivity contribution >= 4 is 11.9 Å². The van der Waals surface area contributed by atoms with Crippen LogP contribution in [0.4, 0.5) is 0 Å². The van der Waals surface area contributed by atoms with Crippen molar-refractivity contribution in [3.05, 3.63) is 29.3 Å². The number of benzene rings is 1. The smallest absolute Gasteiger partial charge is 0.329 e. The summed E-state index contributed by atoms with van der Waals surface area (Å²) < 4.78 is 11.9. The van der Waals surface area contributed by atoms with E-state index < -0.39 is 35.5 Å². The van der Waals surface area contributed by atoms with Gasteiger partial charge in [-0.15, -0.1) is 0 Å². The van der Waals surface area contributed by atoms with Crippen molar-refractivity contribution in [2.75, 3.05) is 6.61 Å². The fraction of sp³-hybridized carbons (Fsp3) is 0.714. The molecule has 0 bridgehead atoms. The first-order chi connectivity index (χ1) is 16.0. The van der Waals surface area contributed by atoms with Gasteiger partial charge in [-0.05, 0) is 44.6 Å². The van der Waals surface area contributed by atoms with Gasteiger partial charge in [-0.3, -0.25) is 4.79 Å². The third kappa shape index (κ3) is 4.46. The van der Waals surface area contributed by atoms with Gasteiger partial charge in [0.05, 0.1) is 18.8 Å². The van der Waals surface area contributed by atoms with Crippen molar-refractivity contribution in [3.8, 4) is 5.75 Å². The molecule has 3 aliphatic rings. The van der Waals surface area contributed by atoms with Crippen LogP contribution in [0.1, 0.15) is 90.8 Å². The summed E-state index contributed by atoms with van der Waals surface area (Å²) in [7, 11) is 0. The third-order valence-electron chi connectivity index (χ3n) is 7.81. The fourth-order valence-electron chi connectivity index (χ4n) is 6.41. The van der Waals surface area contributed by atoms with Crippen molar-refractivity contribution in [2.24, 2.45) is 17.3 Å². The number of aliphatic hydroxyl groups excluding tert-OH is 1. The van der Waals surface area contributed by atoms with Gasteiger partial charge in [0, 0.05) is 23.8 Å². The van der Waals surface area contributed by atoms with Gasteiger partial charge in [0.15, 0.2) is 0 Å². The van der Waals surface area contributed by atoms with Gasteiger partial charge in [-0.2, -0.15) is 0 Å². The highest BCUT2D eigenvalue weighted by Gasteiger charge is 2.59. The number of hydrogen-bond acceptors (Lipinski definition) is 5. The van der Waals surface area contributed by atoms with Gasteiger partial charge >= 0.3 is 5.97 Å². The highest BCUT2D eigenvalue weighted by atomic mass is 16.5. The lowest BCUT2D eigenvalue weighted by molar-refractivity contribution is -0.158. The lowest BCUT2D eigenvalue weighted by Gasteiger charge is -2.36. The van der Waals surface area contributed by atoms with E-state index in [0.29, 0.717) is 0 Å². The summed E-state index contributed by atoms with van der Waals surface area (Å²) in [4.78, 5) is 29.2. The van der Waals surface area contributed by atoms with Crippen molar-refractivity contribution in [3.63, 3.8) is 0 Å². The Hall–Kier alpha value is -2.08. The van der Waals surface area contributed by atoms with Gasteiger partial charge in [0.25, 0.3) is 0 Å². The number of nitrogens with zero attached hydrogens (tertiary/aromatic N) is 1. The predicted octanol–water partition coefficient (Wildman–Crippen LogP) is 4.82. The highest BCUT2D eigenvalue weighted by molar-refractivity contribution is 5.88. The van der Waals surface area contributed by atoms with E-state index in [2.05, 4.69) is 0 Å². The van der Waals surface area contributed by atoms with Gasteiger partial charge in [-0.25, -0.2) is 4.79 Å². The van der Waals surface area contributed by atoms with E-state index in [1.807, 2.05) is 52.8 Å². The van der Waals surface area contributed by atoms with Crippen LogP contribution in [0.2, 0.25) is 0 Å². The molecule has 4 atom stereocenters. The van der Waals surface area contributed by atoms with Gasteiger partial charge in [0.2, 0.25) is 5.91 Å². The Labute approximate surface area is 204 Å². The number of para-hydroxylation sites is 1. The molecule has 1 aromatic rings. The van der Waals surface area contributed by atoms with Gasteiger partial charge < -0.3 is 19.5 Å². The Bertz CT molecular complexity index is 927. The molecule has 6 nitrogen and oxygen atoms in total. The van der Waals surface area contributed by atoms with Crippen LogP contribution in [0.3, 0.4) is 0 Å². The number of esters is 1. The van der Waals surface area contributed by atoms with Crippen LogP contribution >= 0.6 is 0 Å². The minimum Gasteiger partial charge on any atom is -0.487 e. The van der Waals surface area contributed by atoms with Crippen molar-refractivity contribution in [1.82, 2.24) is 4.90 Å². The fourth-order valence-corrected chi connectivity index (χ4v) is 6.41. The number of fused-ring (bicyclic) bond motifs is 1. The van der Waals surface area contributed by atoms with Crippen LogP contribution < -0.4 is 4.74 Å². The maximum absolute atomic E-state index is 14.1. The zero-order chi connectivity index (χ0) is 24.8. The summed E-state index contributed by atoms with van der Waals surface area (Å²) in [6.07, 6.45) is 4.66. The first-order valence-electron chi connectivity index (χ1n) is 12.9. The molecule has 1 amide bonds. The average molecular weight is 472 g/mol. The molecular weight excluding hydrogens is 430 g/mol. The Morgan fingerprint density at radius 2 is 1.85 bits per heavy atom. The molecule has 2 aliphatic heterocycles. The quantitative estimate of drug-likeness (QED) is 0.637. The molecule has 6 heteroatoms. The second kappa shape index (κ2) is 9.18. The van der Waals surface area contributed by atoms with E-state index in [1.54, 1.807) is 11.8 Å². The molecule has 1 saturated heterocycles. The largest absolute Gasteiger partial charge is 0.487 e. The van der Waals surface area contributed by atoms with Crippen molar-refractivity contribution < 1.29 is 24.2 Å². The summed E-state index contributed by atoms with van der Waals surface area (Å²) in [6.45, 7) is 12.2. The number of ether oxygens (including phenoxy) is 2. The molecule has 188 valence electrons. The summed E-state index contributed by atoms with van der Waals surface area (Å²) in [5.41, 5.74) is 1.09. The van der Waals surface area contributed by atoms with Gasteiger partial charge in [-0.1, -0.05) is 58.2 Å². The molecule has 2 fully saturated rings. The molecule has 0 spiro atoms. The number of likely N-dealkylation sites (tertiary alicyclic amines) is 1. The number of carbonyl (C=O) groups is 2. The van der Waals surface area contributed by atoms with E-state index in [-0.39, 0.29) is 24.0 Å². The second-order valence-electron chi connectivity index (χ2n) is 12.0. The third-order valence-corrected chi connectivity index (χ3v) is 7.81. The van der Waals surface area contributed by atoms with E-state index in [4.69, 9.17) is 9.47 Å². The minimum absolute atomic E-state index is 0.0385. The molecule has 4 rings (SSSR count). The number of aliphatic hydroxyl groups is 1. The number of amides is 1. The molecule has 1 aliphatic carbocycles. The van der Waals surface area contributed by atoms with Crippen LogP contribution in [0.5, 0.6) is 5.75 Å². The molecule has 2 heterocycles. The topological polar surface area (TPSA) is 76.1 Å². The molecular formula is C28H41NO5. The van der Waals surface area contributed by atoms with Crippen molar-refractivity contribution in [2.45, 2.75) is 104 Å². The maximum Gasteiger partial charge on any atom is 0.329 e. The summed E-state index contributed by atoms with van der Waals surface area (Å²) >= 11 is 0.